The molecule has 7 nitrogen and oxygen atoms in total. The first-order chi connectivity index (χ1) is 13.0. The zero-order chi connectivity index (χ0) is 18.9. The first kappa shape index (κ1) is 18.6. The van der Waals surface area contributed by atoms with E-state index in [9.17, 15) is 9.90 Å². The predicted molar refractivity (Wildman–Crippen MR) is 103 cm³/mol. The lowest BCUT2D eigenvalue weighted by atomic mass is 9.91. The van der Waals surface area contributed by atoms with Crippen molar-refractivity contribution in [2.45, 2.75) is 63.1 Å². The van der Waals surface area contributed by atoms with E-state index in [2.05, 4.69) is 19.8 Å². The lowest BCUT2D eigenvalue weighted by Gasteiger charge is -2.44. The number of carbonyl (C=O) groups excluding carboxylic acids is 1. The molecule has 1 amide bonds. The van der Waals surface area contributed by atoms with Gasteiger partial charge in [-0.05, 0) is 44.6 Å². The fourth-order valence-electron chi connectivity index (χ4n) is 4.74. The van der Waals surface area contributed by atoms with Crippen LogP contribution in [0, 0.1) is 0 Å². The Kier molecular flexibility index (Phi) is 5.32. The molecule has 4 rings (SSSR count). The van der Waals surface area contributed by atoms with E-state index in [1.165, 1.54) is 12.8 Å². The maximum absolute atomic E-state index is 11.7. The highest BCUT2D eigenvalue weighted by Gasteiger charge is 2.39. The van der Waals surface area contributed by atoms with E-state index < -0.39 is 5.60 Å². The molecule has 1 aromatic rings. The van der Waals surface area contributed by atoms with Crippen LogP contribution in [0.1, 0.15) is 45.4 Å². The van der Waals surface area contributed by atoms with Crippen molar-refractivity contribution in [2.24, 2.45) is 0 Å². The molecule has 1 aliphatic carbocycles. The Morgan fingerprint density at radius 1 is 1.26 bits per heavy atom. The molecule has 148 valence electrons. The highest BCUT2D eigenvalue weighted by Crippen LogP contribution is 2.35. The Morgan fingerprint density at radius 2 is 2.00 bits per heavy atom. The fraction of sp³-hybridized carbons (Fsp3) is 0.750. The summed E-state index contributed by atoms with van der Waals surface area (Å²) in [5, 5.41) is 11.0. The molecule has 3 fully saturated rings. The third kappa shape index (κ3) is 4.41. The number of likely N-dealkylation sites (tertiary alicyclic amines) is 2. The summed E-state index contributed by atoms with van der Waals surface area (Å²) in [7, 11) is 0. The third-order valence-corrected chi connectivity index (χ3v) is 6.24. The van der Waals surface area contributed by atoms with Crippen molar-refractivity contribution in [3.63, 3.8) is 0 Å². The van der Waals surface area contributed by atoms with Crippen molar-refractivity contribution in [1.82, 2.24) is 19.8 Å². The second kappa shape index (κ2) is 7.72. The first-order valence-corrected chi connectivity index (χ1v) is 10.3. The molecular formula is C20H31N5O2. The number of hydrogen-bond acceptors (Lipinski definition) is 6. The Morgan fingerprint density at radius 3 is 2.63 bits per heavy atom. The van der Waals surface area contributed by atoms with E-state index in [0.717, 1.165) is 51.1 Å². The highest BCUT2D eigenvalue weighted by atomic mass is 16.3. The smallest absolute Gasteiger partial charge is 0.219 e. The van der Waals surface area contributed by atoms with Crippen LogP contribution in [-0.4, -0.2) is 81.2 Å². The number of amides is 1. The van der Waals surface area contributed by atoms with Gasteiger partial charge in [0.25, 0.3) is 0 Å². The maximum atomic E-state index is 11.7. The molecule has 2 saturated heterocycles. The number of carbonyl (C=O) groups is 1. The molecule has 3 aliphatic rings. The zero-order valence-electron chi connectivity index (χ0n) is 16.3. The summed E-state index contributed by atoms with van der Waals surface area (Å²) in [5.41, 5.74) is -0.764. The van der Waals surface area contributed by atoms with Crippen LogP contribution >= 0.6 is 0 Å². The van der Waals surface area contributed by atoms with Crippen molar-refractivity contribution in [3.05, 3.63) is 18.6 Å². The molecule has 7 heteroatoms. The average molecular weight is 374 g/mol. The first-order valence-electron chi connectivity index (χ1n) is 10.3. The second-order valence-corrected chi connectivity index (χ2v) is 8.48. The fourth-order valence-corrected chi connectivity index (χ4v) is 4.74. The minimum Gasteiger partial charge on any atom is -0.387 e. The van der Waals surface area contributed by atoms with E-state index in [1.54, 1.807) is 18.2 Å². The van der Waals surface area contributed by atoms with Crippen molar-refractivity contribution >= 4 is 11.7 Å². The lowest BCUT2D eigenvalue weighted by molar-refractivity contribution is -0.137. The summed E-state index contributed by atoms with van der Waals surface area (Å²) >= 11 is 0. The number of β-amino-alcohol motifs (C(OH)–C–C–N with tert-alkyl or cyclic N) is 1. The topological polar surface area (TPSA) is 72.8 Å². The monoisotopic (exact) mass is 373 g/mol. The van der Waals surface area contributed by atoms with Gasteiger partial charge in [-0.2, -0.15) is 0 Å². The van der Waals surface area contributed by atoms with Gasteiger partial charge in [-0.25, -0.2) is 9.97 Å². The van der Waals surface area contributed by atoms with Gasteiger partial charge < -0.3 is 19.8 Å². The molecule has 2 aliphatic heterocycles. The van der Waals surface area contributed by atoms with Crippen LogP contribution in [0.25, 0.3) is 0 Å². The molecule has 0 bridgehead atoms. The number of anilines is 1. The molecular weight excluding hydrogens is 342 g/mol. The minimum atomic E-state index is -0.764. The van der Waals surface area contributed by atoms with Crippen LogP contribution in [0.4, 0.5) is 5.82 Å². The summed E-state index contributed by atoms with van der Waals surface area (Å²) in [4.78, 5) is 26.9. The molecule has 27 heavy (non-hydrogen) atoms. The molecule has 0 aromatic carbocycles. The Bertz CT molecular complexity index is 645. The van der Waals surface area contributed by atoms with Crippen molar-refractivity contribution < 1.29 is 9.90 Å². The number of aliphatic hydroxyl groups is 1. The van der Waals surface area contributed by atoms with Gasteiger partial charge in [0, 0.05) is 51.4 Å². The van der Waals surface area contributed by atoms with Gasteiger partial charge in [-0.15, -0.1) is 0 Å². The van der Waals surface area contributed by atoms with Gasteiger partial charge in [-0.1, -0.05) is 0 Å². The highest BCUT2D eigenvalue weighted by molar-refractivity contribution is 5.73. The van der Waals surface area contributed by atoms with Crippen molar-refractivity contribution in [3.8, 4) is 0 Å². The van der Waals surface area contributed by atoms with Gasteiger partial charge >= 0.3 is 0 Å². The number of aromatic nitrogens is 2. The minimum absolute atomic E-state index is 0.0664. The van der Waals surface area contributed by atoms with Crippen LogP contribution in [0.3, 0.4) is 0 Å². The summed E-state index contributed by atoms with van der Waals surface area (Å²) in [6.45, 7) is 5.48. The Balaban J connectivity index is 1.34. The molecule has 1 aromatic heterocycles. The number of piperidine rings is 2. The summed E-state index contributed by atoms with van der Waals surface area (Å²) in [6.07, 6.45) is 9.82. The van der Waals surface area contributed by atoms with E-state index in [0.29, 0.717) is 25.2 Å². The summed E-state index contributed by atoms with van der Waals surface area (Å²) in [5.74, 6) is 1.12. The van der Waals surface area contributed by atoms with E-state index in [1.807, 2.05) is 12.3 Å². The van der Waals surface area contributed by atoms with E-state index in [-0.39, 0.29) is 5.91 Å². The van der Waals surface area contributed by atoms with Gasteiger partial charge in [0.1, 0.15) is 12.1 Å². The summed E-state index contributed by atoms with van der Waals surface area (Å²) < 4.78 is 0. The number of hydrogen-bond donors (Lipinski definition) is 1. The van der Waals surface area contributed by atoms with Crippen LogP contribution in [0.2, 0.25) is 0 Å². The molecule has 1 atom stereocenters. The molecule has 1 unspecified atom stereocenters. The quantitative estimate of drug-likeness (QED) is 0.838. The standard InChI is InChI=1S/C20H31N5O2/c1-16(26)24-10-2-8-20(27,14-24)13-23-11-6-18(7-12-23)25(17-3-4-17)19-5-9-21-15-22-19/h5,9,15,17-18,27H,2-4,6-8,10-14H2,1H3. The Hall–Kier alpha value is -1.73. The predicted octanol–water partition coefficient (Wildman–Crippen LogP) is 1.28. The van der Waals surface area contributed by atoms with Crippen molar-refractivity contribution in [2.75, 3.05) is 37.6 Å². The average Bonchev–Trinajstić information content (AvgIpc) is 3.49. The lowest BCUT2D eigenvalue weighted by Crippen LogP contribution is -2.57. The summed E-state index contributed by atoms with van der Waals surface area (Å²) in [6, 6.07) is 3.16. The SMILES string of the molecule is CC(=O)N1CCCC(O)(CN2CCC(N(c3ccncn3)C3CC3)CC2)C1. The van der Waals surface area contributed by atoms with Gasteiger partial charge in [0.05, 0.1) is 12.1 Å². The molecule has 0 radical (unpaired) electrons. The Labute approximate surface area is 161 Å². The van der Waals surface area contributed by atoms with E-state index >= 15 is 0 Å². The molecule has 0 spiro atoms. The van der Waals surface area contributed by atoms with Crippen LogP contribution in [0.5, 0.6) is 0 Å². The van der Waals surface area contributed by atoms with Crippen LogP contribution in [0.15, 0.2) is 18.6 Å². The van der Waals surface area contributed by atoms with Crippen molar-refractivity contribution in [1.29, 1.82) is 0 Å². The normalized spacial score (nSPS) is 27.6. The van der Waals surface area contributed by atoms with E-state index in [4.69, 9.17) is 0 Å². The van der Waals surface area contributed by atoms with Crippen LogP contribution < -0.4 is 4.90 Å². The van der Waals surface area contributed by atoms with Gasteiger partial charge in [-0.3, -0.25) is 4.79 Å². The molecule has 1 saturated carbocycles. The van der Waals surface area contributed by atoms with Gasteiger partial charge in [0.15, 0.2) is 0 Å². The third-order valence-electron chi connectivity index (χ3n) is 6.24. The molecule has 3 heterocycles. The second-order valence-electron chi connectivity index (χ2n) is 8.48. The van der Waals surface area contributed by atoms with Crippen LogP contribution in [-0.2, 0) is 4.79 Å². The maximum Gasteiger partial charge on any atom is 0.219 e. The molecule has 1 N–H and O–H groups in total. The largest absolute Gasteiger partial charge is 0.387 e. The van der Waals surface area contributed by atoms with Gasteiger partial charge in [0.2, 0.25) is 5.91 Å². The number of rotatable bonds is 5. The number of nitrogens with zero attached hydrogens (tertiary/aromatic N) is 5. The zero-order valence-corrected chi connectivity index (χ0v) is 16.3.